The van der Waals surface area contributed by atoms with E-state index in [4.69, 9.17) is 10.5 Å². The minimum absolute atomic E-state index is 0.216. The summed E-state index contributed by atoms with van der Waals surface area (Å²) in [5, 5.41) is 13.2. The van der Waals surface area contributed by atoms with Gasteiger partial charge in [-0.1, -0.05) is 42.8 Å². The summed E-state index contributed by atoms with van der Waals surface area (Å²) in [6, 6.07) is 24.0. The van der Waals surface area contributed by atoms with Crippen LogP contribution in [0.25, 0.3) is 22.3 Å². The number of likely N-dealkylation sites (N-methyl/N-ethyl adjacent to an activating group) is 1. The molecule has 4 fully saturated rings. The van der Waals surface area contributed by atoms with Crippen molar-refractivity contribution in [2.45, 2.75) is 108 Å². The SMILES string of the molecule is CN(Cc1cc(C2CCN(CCCC(CCNC=O)CCN3CCC(N4CCCCC4)CC3)CC2)ccc1C=O)C1CCC(=O)NC1=O.Nc1ncnc2n[nH]c(-c3ccc(Oc4ccccc4)cc3)c12. The van der Waals surface area contributed by atoms with Crippen LogP contribution in [-0.4, -0.2) is 142 Å². The van der Waals surface area contributed by atoms with Crippen LogP contribution in [-0.2, 0) is 20.9 Å². The molecule has 71 heavy (non-hydrogen) atoms. The maximum absolute atomic E-state index is 12.4. The highest BCUT2D eigenvalue weighted by atomic mass is 16.5. The molecule has 2 aromatic heterocycles. The minimum atomic E-state index is -0.364. The van der Waals surface area contributed by atoms with Gasteiger partial charge in [-0.25, -0.2) is 9.97 Å². The summed E-state index contributed by atoms with van der Waals surface area (Å²) in [7, 11) is 1.89. The summed E-state index contributed by atoms with van der Waals surface area (Å²) in [6.45, 7) is 10.8. The van der Waals surface area contributed by atoms with Crippen molar-refractivity contribution < 1.29 is 23.9 Å². The van der Waals surface area contributed by atoms with Gasteiger partial charge in [0.05, 0.1) is 17.1 Å². The number of likely N-dealkylation sites (tertiary alicyclic amines) is 3. The van der Waals surface area contributed by atoms with Crippen molar-refractivity contribution >= 4 is 41.4 Å². The van der Waals surface area contributed by atoms with E-state index in [-0.39, 0.29) is 17.9 Å². The van der Waals surface area contributed by atoms with Gasteiger partial charge in [-0.2, -0.15) is 5.10 Å². The van der Waals surface area contributed by atoms with Gasteiger partial charge in [0.15, 0.2) is 5.65 Å². The summed E-state index contributed by atoms with van der Waals surface area (Å²) >= 11 is 0. The number of piperidine rings is 4. The number of benzene rings is 3. The highest BCUT2D eigenvalue weighted by Crippen LogP contribution is 2.33. The molecular weight excluding hydrogens is 895 g/mol. The number of fused-ring (bicyclic) bond motifs is 1. The monoisotopic (exact) mass is 968 g/mol. The Bertz CT molecular complexity index is 2480. The highest BCUT2D eigenvalue weighted by molar-refractivity contribution is 6.00. The van der Waals surface area contributed by atoms with Crippen molar-refractivity contribution in [1.82, 2.24) is 50.4 Å². The molecule has 0 spiro atoms. The molecular formula is C55H73N11O5. The number of amides is 3. The number of aromatic amines is 1. The van der Waals surface area contributed by atoms with E-state index in [1.165, 1.54) is 96.0 Å². The van der Waals surface area contributed by atoms with Crippen molar-refractivity contribution in [2.75, 3.05) is 71.7 Å². The molecule has 9 rings (SSSR count). The minimum Gasteiger partial charge on any atom is -0.457 e. The van der Waals surface area contributed by atoms with Gasteiger partial charge in [0.2, 0.25) is 18.2 Å². The number of nitrogen functional groups attached to an aromatic ring is 1. The van der Waals surface area contributed by atoms with E-state index in [0.717, 1.165) is 97.9 Å². The Labute approximate surface area is 418 Å². The lowest BCUT2D eigenvalue weighted by molar-refractivity contribution is -0.137. The zero-order chi connectivity index (χ0) is 49.4. The molecule has 0 aliphatic carbocycles. The number of carbonyl (C=O) groups excluding carboxylic acids is 4. The van der Waals surface area contributed by atoms with E-state index >= 15 is 0 Å². The topological polar surface area (TPSA) is 195 Å². The smallest absolute Gasteiger partial charge is 0.243 e. The van der Waals surface area contributed by atoms with Crippen LogP contribution in [0.2, 0.25) is 0 Å². The summed E-state index contributed by atoms with van der Waals surface area (Å²) in [5.41, 5.74) is 11.1. The molecule has 6 heterocycles. The summed E-state index contributed by atoms with van der Waals surface area (Å²) in [5.74, 6) is 2.59. The molecule has 4 saturated heterocycles. The number of H-pyrrole nitrogens is 1. The van der Waals surface area contributed by atoms with Crippen LogP contribution in [0.3, 0.4) is 0 Å². The van der Waals surface area contributed by atoms with Crippen LogP contribution in [0.5, 0.6) is 11.5 Å². The number of aromatic nitrogens is 4. The zero-order valence-corrected chi connectivity index (χ0v) is 41.5. The number of rotatable bonds is 20. The average molecular weight is 968 g/mol. The second-order valence-corrected chi connectivity index (χ2v) is 19.9. The Balaban J connectivity index is 0.000000243. The standard InChI is InChI=1S/C38H60N6O4.C17H13N5O/c1-41(36-9-10-37(47)40-38(36)48)27-34-26-32(7-8-33(34)28-45)31-13-22-42(23-14-31)18-5-6-30(11-17-39-29-46)12-21-43-24-15-35(16-25-43)44-19-3-2-4-20-44;18-16-14-15(21-22-17(14)20-10-19-16)11-6-8-13(9-7-11)23-12-4-2-1-3-5-12/h7-8,26,28-31,35-36H,2-6,9-25,27H2,1H3,(H,39,46)(H,40,47,48);1-10H,(H3,18,19,20,21,22). The molecule has 5 N–H and O–H groups in total. The lowest BCUT2D eigenvalue weighted by Crippen LogP contribution is -2.51. The molecule has 4 aliphatic heterocycles. The molecule has 3 aromatic carbocycles. The maximum Gasteiger partial charge on any atom is 0.243 e. The zero-order valence-electron chi connectivity index (χ0n) is 41.5. The molecule has 2 atom stereocenters. The van der Waals surface area contributed by atoms with Gasteiger partial charge in [-0.15, -0.1) is 0 Å². The molecule has 0 saturated carbocycles. The molecule has 378 valence electrons. The van der Waals surface area contributed by atoms with E-state index in [0.29, 0.717) is 48.3 Å². The Morgan fingerprint density at radius 3 is 2.30 bits per heavy atom. The van der Waals surface area contributed by atoms with Crippen LogP contribution in [0, 0.1) is 5.92 Å². The van der Waals surface area contributed by atoms with E-state index in [9.17, 15) is 19.2 Å². The van der Waals surface area contributed by atoms with Gasteiger partial charge >= 0.3 is 0 Å². The van der Waals surface area contributed by atoms with Crippen molar-refractivity contribution in [3.63, 3.8) is 0 Å². The second kappa shape index (κ2) is 25.9. The number of hydrogen-bond donors (Lipinski definition) is 4. The Hall–Kier alpha value is -6.07. The third kappa shape index (κ3) is 14.3. The van der Waals surface area contributed by atoms with Gasteiger partial charge in [0.1, 0.15) is 29.9 Å². The lowest BCUT2D eigenvalue weighted by atomic mass is 9.87. The maximum atomic E-state index is 12.4. The first-order chi connectivity index (χ1) is 34.7. The van der Waals surface area contributed by atoms with Crippen LogP contribution in [0.15, 0.2) is 79.1 Å². The van der Waals surface area contributed by atoms with Crippen molar-refractivity contribution in [3.05, 3.63) is 95.8 Å². The molecule has 3 amide bonds. The van der Waals surface area contributed by atoms with E-state index in [1.54, 1.807) is 0 Å². The molecule has 5 aromatic rings. The van der Waals surface area contributed by atoms with Gasteiger partial charge < -0.3 is 30.5 Å². The molecule has 2 unspecified atom stereocenters. The van der Waals surface area contributed by atoms with E-state index in [1.807, 2.05) is 72.6 Å². The van der Waals surface area contributed by atoms with Crippen molar-refractivity contribution in [2.24, 2.45) is 5.92 Å². The summed E-state index contributed by atoms with van der Waals surface area (Å²) in [6.07, 6.45) is 17.6. The fourth-order valence-electron chi connectivity index (χ4n) is 11.0. The number of ether oxygens (including phenoxy) is 1. The Morgan fingerprint density at radius 2 is 1.56 bits per heavy atom. The third-order valence-corrected chi connectivity index (χ3v) is 15.2. The van der Waals surface area contributed by atoms with Crippen LogP contribution in [0.1, 0.15) is 111 Å². The number of imide groups is 1. The van der Waals surface area contributed by atoms with Gasteiger partial charge in [0.25, 0.3) is 0 Å². The predicted octanol–water partition coefficient (Wildman–Crippen LogP) is 7.18. The van der Waals surface area contributed by atoms with E-state index in [2.05, 4.69) is 57.6 Å². The third-order valence-electron chi connectivity index (χ3n) is 15.2. The molecule has 4 aliphatic rings. The number of carbonyl (C=O) groups is 4. The average Bonchev–Trinajstić information content (AvgIpc) is 3.85. The molecule has 16 nitrogen and oxygen atoms in total. The number of hydrogen-bond acceptors (Lipinski definition) is 13. The molecule has 0 radical (unpaired) electrons. The number of anilines is 1. The van der Waals surface area contributed by atoms with Gasteiger partial charge in [-0.05, 0) is 189 Å². The fraction of sp³-hybridized carbons (Fsp3) is 0.509. The van der Waals surface area contributed by atoms with Crippen molar-refractivity contribution in [3.8, 4) is 22.8 Å². The normalized spacial score (nSPS) is 19.2. The lowest BCUT2D eigenvalue weighted by Gasteiger charge is -2.40. The number of nitrogens with one attached hydrogen (secondary N) is 3. The Morgan fingerprint density at radius 1 is 0.831 bits per heavy atom. The quantitative estimate of drug-likeness (QED) is 0.0348. The first kappa shape index (κ1) is 51.3. The van der Waals surface area contributed by atoms with Gasteiger partial charge in [0, 0.05) is 36.7 Å². The Kier molecular flexibility index (Phi) is 18.7. The largest absolute Gasteiger partial charge is 0.457 e. The number of aldehydes is 1. The number of para-hydroxylation sites is 1. The highest BCUT2D eigenvalue weighted by Gasteiger charge is 2.31. The van der Waals surface area contributed by atoms with Crippen molar-refractivity contribution in [1.29, 1.82) is 0 Å². The molecule has 0 bridgehead atoms. The van der Waals surface area contributed by atoms with E-state index < -0.39 is 0 Å². The summed E-state index contributed by atoms with van der Waals surface area (Å²) in [4.78, 5) is 64.9. The van der Waals surface area contributed by atoms with Crippen LogP contribution >= 0.6 is 0 Å². The fourth-order valence-corrected chi connectivity index (χ4v) is 11.0. The summed E-state index contributed by atoms with van der Waals surface area (Å²) < 4.78 is 5.79. The van der Waals surface area contributed by atoms with Gasteiger partial charge in [-0.3, -0.25) is 34.5 Å². The molecule has 16 heteroatoms. The predicted molar refractivity (Wildman–Crippen MR) is 277 cm³/mol. The van der Waals surface area contributed by atoms with Crippen LogP contribution in [0.4, 0.5) is 5.82 Å². The second-order valence-electron chi connectivity index (χ2n) is 19.9. The number of nitrogens with two attached hydrogens (primary N) is 1. The first-order valence-corrected chi connectivity index (χ1v) is 26.0. The van der Waals surface area contributed by atoms with Crippen LogP contribution < -0.4 is 21.1 Å². The first-order valence-electron chi connectivity index (χ1n) is 26.0. The number of nitrogens with zero attached hydrogens (tertiary/aromatic N) is 7.